The largest absolute Gasteiger partial charge is 0.305 e. The second kappa shape index (κ2) is 6.46. The Kier molecular flexibility index (Phi) is 4.22. The molecule has 0 aliphatic rings. The number of rotatable bonds is 5. The third-order valence-electron chi connectivity index (χ3n) is 3.56. The van der Waals surface area contributed by atoms with Crippen molar-refractivity contribution >= 4 is 10.9 Å². The van der Waals surface area contributed by atoms with E-state index in [4.69, 9.17) is 0 Å². The zero-order valence-corrected chi connectivity index (χ0v) is 12.2. The molecule has 1 atom stereocenters. The van der Waals surface area contributed by atoms with E-state index in [0.717, 1.165) is 29.6 Å². The predicted molar refractivity (Wildman–Crippen MR) is 86.1 cm³/mol. The van der Waals surface area contributed by atoms with Crippen LogP contribution in [0.3, 0.4) is 0 Å². The average Bonchev–Trinajstić information content (AvgIpc) is 2.56. The van der Waals surface area contributed by atoms with Crippen molar-refractivity contribution in [3.63, 3.8) is 0 Å². The summed E-state index contributed by atoms with van der Waals surface area (Å²) in [6, 6.07) is 16.5. The van der Waals surface area contributed by atoms with Gasteiger partial charge in [-0.1, -0.05) is 37.3 Å². The van der Waals surface area contributed by atoms with Crippen LogP contribution in [0.5, 0.6) is 0 Å². The number of fused-ring (bicyclic) bond motifs is 1. The lowest BCUT2D eigenvalue weighted by atomic mass is 9.99. The molecule has 3 aromatic rings. The molecular weight excluding hydrogens is 258 g/mol. The molecule has 21 heavy (non-hydrogen) atoms. The molecule has 0 amide bonds. The normalized spacial score (nSPS) is 12.4. The molecule has 1 aromatic carbocycles. The first-order valence-electron chi connectivity index (χ1n) is 7.38. The monoisotopic (exact) mass is 277 g/mol. The zero-order valence-electron chi connectivity index (χ0n) is 12.2. The quantitative estimate of drug-likeness (QED) is 0.772. The van der Waals surface area contributed by atoms with E-state index in [1.807, 2.05) is 30.6 Å². The predicted octanol–water partition coefficient (Wildman–Crippen LogP) is 3.72. The lowest BCUT2D eigenvalue weighted by Crippen LogP contribution is -2.24. The second-order valence-electron chi connectivity index (χ2n) is 5.06. The van der Waals surface area contributed by atoms with Gasteiger partial charge in [0.25, 0.3) is 0 Å². The highest BCUT2D eigenvalue weighted by molar-refractivity contribution is 5.82. The third kappa shape index (κ3) is 2.93. The summed E-state index contributed by atoms with van der Waals surface area (Å²) in [5.41, 5.74) is 3.25. The van der Waals surface area contributed by atoms with Gasteiger partial charge in [-0.3, -0.25) is 9.97 Å². The van der Waals surface area contributed by atoms with Gasteiger partial charge in [0.15, 0.2) is 0 Å². The van der Waals surface area contributed by atoms with Gasteiger partial charge in [0, 0.05) is 23.3 Å². The minimum Gasteiger partial charge on any atom is -0.305 e. The first-order valence-corrected chi connectivity index (χ1v) is 7.38. The maximum Gasteiger partial charge on any atom is 0.0772 e. The van der Waals surface area contributed by atoms with Crippen molar-refractivity contribution in [1.29, 1.82) is 0 Å². The Morgan fingerprint density at radius 1 is 0.952 bits per heavy atom. The molecule has 0 saturated heterocycles. The minimum absolute atomic E-state index is 0.0738. The van der Waals surface area contributed by atoms with E-state index >= 15 is 0 Å². The number of nitrogens with one attached hydrogen (secondary N) is 1. The van der Waals surface area contributed by atoms with Gasteiger partial charge in [-0.2, -0.15) is 0 Å². The van der Waals surface area contributed by atoms with Crippen molar-refractivity contribution in [2.45, 2.75) is 19.4 Å². The van der Waals surface area contributed by atoms with Crippen LogP contribution in [-0.4, -0.2) is 16.5 Å². The third-order valence-corrected chi connectivity index (χ3v) is 3.56. The summed E-state index contributed by atoms with van der Waals surface area (Å²) in [7, 11) is 0. The topological polar surface area (TPSA) is 37.8 Å². The number of aromatic nitrogens is 2. The molecular formula is C18H19N3. The molecule has 1 N–H and O–H groups in total. The van der Waals surface area contributed by atoms with Crippen LogP contribution in [0.1, 0.15) is 30.6 Å². The van der Waals surface area contributed by atoms with Gasteiger partial charge in [-0.15, -0.1) is 0 Å². The van der Waals surface area contributed by atoms with Crippen molar-refractivity contribution in [3.05, 3.63) is 72.2 Å². The maximum atomic E-state index is 4.57. The molecule has 2 heterocycles. The lowest BCUT2D eigenvalue weighted by molar-refractivity contribution is 0.589. The summed E-state index contributed by atoms with van der Waals surface area (Å²) >= 11 is 0. The van der Waals surface area contributed by atoms with Crippen LogP contribution in [-0.2, 0) is 0 Å². The SMILES string of the molecule is CCCNC(c1ccccn1)c1cccc2cccnc12. The van der Waals surface area contributed by atoms with Gasteiger partial charge in [0.2, 0.25) is 0 Å². The van der Waals surface area contributed by atoms with Crippen molar-refractivity contribution in [2.75, 3.05) is 6.54 Å². The molecule has 3 rings (SSSR count). The number of pyridine rings is 2. The Morgan fingerprint density at radius 3 is 2.62 bits per heavy atom. The van der Waals surface area contributed by atoms with E-state index in [0.29, 0.717) is 0 Å². The molecule has 0 aliphatic heterocycles. The number of nitrogens with zero attached hydrogens (tertiary/aromatic N) is 2. The fraction of sp³-hybridized carbons (Fsp3) is 0.222. The Hall–Kier alpha value is -2.26. The van der Waals surface area contributed by atoms with E-state index < -0.39 is 0 Å². The fourth-order valence-corrected chi connectivity index (χ4v) is 2.57. The highest BCUT2D eigenvalue weighted by Crippen LogP contribution is 2.26. The molecule has 3 nitrogen and oxygen atoms in total. The molecule has 106 valence electrons. The van der Waals surface area contributed by atoms with Crippen LogP contribution in [0, 0.1) is 0 Å². The van der Waals surface area contributed by atoms with Crippen LogP contribution in [0.15, 0.2) is 60.9 Å². The van der Waals surface area contributed by atoms with Gasteiger partial charge < -0.3 is 5.32 Å². The van der Waals surface area contributed by atoms with Crippen molar-refractivity contribution in [3.8, 4) is 0 Å². The van der Waals surface area contributed by atoms with E-state index in [2.05, 4.69) is 52.5 Å². The molecule has 0 spiro atoms. The van der Waals surface area contributed by atoms with E-state index in [9.17, 15) is 0 Å². The van der Waals surface area contributed by atoms with Gasteiger partial charge in [0.1, 0.15) is 0 Å². The summed E-state index contributed by atoms with van der Waals surface area (Å²) in [5.74, 6) is 0. The molecule has 0 bridgehead atoms. The molecule has 2 aromatic heterocycles. The molecule has 0 aliphatic carbocycles. The Labute approximate surface area is 125 Å². The molecule has 3 heteroatoms. The minimum atomic E-state index is 0.0738. The summed E-state index contributed by atoms with van der Waals surface area (Å²) in [5, 5.41) is 4.75. The van der Waals surface area contributed by atoms with E-state index in [1.54, 1.807) is 0 Å². The number of para-hydroxylation sites is 1. The standard InChI is InChI=1S/C18H19N3/c1-2-11-20-18(16-10-3-4-12-19-16)15-9-5-7-14-8-6-13-21-17(14)15/h3-10,12-13,18,20H,2,11H2,1H3. The van der Waals surface area contributed by atoms with Crippen LogP contribution in [0.4, 0.5) is 0 Å². The van der Waals surface area contributed by atoms with Gasteiger partial charge >= 0.3 is 0 Å². The molecule has 0 fully saturated rings. The smallest absolute Gasteiger partial charge is 0.0772 e. The highest BCUT2D eigenvalue weighted by atomic mass is 14.9. The lowest BCUT2D eigenvalue weighted by Gasteiger charge is -2.19. The van der Waals surface area contributed by atoms with Crippen LogP contribution in [0.2, 0.25) is 0 Å². The van der Waals surface area contributed by atoms with Crippen molar-refractivity contribution in [1.82, 2.24) is 15.3 Å². The number of benzene rings is 1. The summed E-state index contributed by atoms with van der Waals surface area (Å²) < 4.78 is 0. The van der Waals surface area contributed by atoms with Gasteiger partial charge in [-0.05, 0) is 31.2 Å². The molecule has 0 saturated carbocycles. The summed E-state index contributed by atoms with van der Waals surface area (Å²) in [6.07, 6.45) is 4.77. The van der Waals surface area contributed by atoms with Gasteiger partial charge in [0.05, 0.1) is 17.3 Å². The maximum absolute atomic E-state index is 4.57. The van der Waals surface area contributed by atoms with Crippen LogP contribution < -0.4 is 5.32 Å². The molecule has 0 radical (unpaired) electrons. The summed E-state index contributed by atoms with van der Waals surface area (Å²) in [6.45, 7) is 3.12. The molecule has 1 unspecified atom stereocenters. The van der Waals surface area contributed by atoms with Crippen LogP contribution in [0.25, 0.3) is 10.9 Å². The van der Waals surface area contributed by atoms with E-state index in [-0.39, 0.29) is 6.04 Å². The first-order chi connectivity index (χ1) is 10.4. The number of hydrogen-bond donors (Lipinski definition) is 1. The average molecular weight is 277 g/mol. The van der Waals surface area contributed by atoms with Crippen LogP contribution >= 0.6 is 0 Å². The van der Waals surface area contributed by atoms with Crippen molar-refractivity contribution in [2.24, 2.45) is 0 Å². The first kappa shape index (κ1) is 13.7. The Balaban J connectivity index is 2.10. The second-order valence-corrected chi connectivity index (χ2v) is 5.06. The fourth-order valence-electron chi connectivity index (χ4n) is 2.57. The highest BCUT2D eigenvalue weighted by Gasteiger charge is 2.17. The van der Waals surface area contributed by atoms with Gasteiger partial charge in [-0.25, -0.2) is 0 Å². The Morgan fingerprint density at radius 2 is 1.81 bits per heavy atom. The summed E-state index contributed by atoms with van der Waals surface area (Å²) in [4.78, 5) is 9.09. The number of hydrogen-bond acceptors (Lipinski definition) is 3. The zero-order chi connectivity index (χ0) is 14.5. The van der Waals surface area contributed by atoms with Crippen molar-refractivity contribution < 1.29 is 0 Å². The van der Waals surface area contributed by atoms with E-state index in [1.165, 1.54) is 5.56 Å². The Bertz CT molecular complexity index is 704.